The molecule has 4 N–H and O–H groups in total. The number of nitrogens with two attached hydrogens (primary N) is 1. The molecule has 7 heteroatoms. The number of ether oxygens (including phenoxy) is 1. The molecular formula is C9H17N3O4. The third-order valence-corrected chi connectivity index (χ3v) is 1.67. The summed E-state index contributed by atoms with van der Waals surface area (Å²) in [5.41, 5.74) is 5.06. The second kappa shape index (κ2) is 7.63. The molecule has 0 aromatic heterocycles. The molecule has 0 aromatic rings. The van der Waals surface area contributed by atoms with Gasteiger partial charge in [0.2, 0.25) is 11.8 Å². The van der Waals surface area contributed by atoms with Crippen LogP contribution in [0, 0.1) is 0 Å². The third-order valence-electron chi connectivity index (χ3n) is 1.67. The molecule has 0 aliphatic carbocycles. The van der Waals surface area contributed by atoms with E-state index in [0.717, 1.165) is 0 Å². The van der Waals surface area contributed by atoms with Gasteiger partial charge in [0.15, 0.2) is 0 Å². The molecule has 0 radical (unpaired) electrons. The van der Waals surface area contributed by atoms with E-state index in [2.05, 4.69) is 15.4 Å². The van der Waals surface area contributed by atoms with Crippen LogP contribution in [0.2, 0.25) is 0 Å². The lowest BCUT2D eigenvalue weighted by molar-refractivity contribution is -0.143. The summed E-state index contributed by atoms with van der Waals surface area (Å²) in [6.45, 7) is 3.02. The van der Waals surface area contributed by atoms with Crippen LogP contribution in [-0.4, -0.2) is 43.5 Å². The van der Waals surface area contributed by atoms with Crippen LogP contribution in [0.5, 0.6) is 0 Å². The first kappa shape index (κ1) is 14.4. The summed E-state index contributed by atoms with van der Waals surface area (Å²) < 4.78 is 4.61. The van der Waals surface area contributed by atoms with Gasteiger partial charge < -0.3 is 21.1 Å². The van der Waals surface area contributed by atoms with Crippen LogP contribution in [-0.2, 0) is 19.1 Å². The standard InChI is InChI=1S/C9H17N3O4/c1-3-16-8(14)5-11-9(15)6(2)12-7(13)4-10/h6H,3-5,10H2,1-2H3,(H,11,15)(H,12,13)/t6-/m0/s1. The van der Waals surface area contributed by atoms with Crippen LogP contribution in [0.4, 0.5) is 0 Å². The molecule has 0 unspecified atom stereocenters. The molecule has 0 aromatic carbocycles. The van der Waals surface area contributed by atoms with Crippen molar-refractivity contribution in [3.05, 3.63) is 0 Å². The summed E-state index contributed by atoms with van der Waals surface area (Å²) in [5, 5.41) is 4.68. The highest BCUT2D eigenvalue weighted by molar-refractivity contribution is 5.89. The number of carbonyl (C=O) groups excluding carboxylic acids is 3. The van der Waals surface area contributed by atoms with Gasteiger partial charge in [-0.15, -0.1) is 0 Å². The van der Waals surface area contributed by atoms with E-state index < -0.39 is 23.8 Å². The van der Waals surface area contributed by atoms with E-state index in [1.54, 1.807) is 6.92 Å². The summed E-state index contributed by atoms with van der Waals surface area (Å²) in [6.07, 6.45) is 0. The van der Waals surface area contributed by atoms with Gasteiger partial charge in [0, 0.05) is 0 Å². The van der Waals surface area contributed by atoms with Crippen LogP contribution >= 0.6 is 0 Å². The first-order chi connectivity index (χ1) is 7.51. The first-order valence-electron chi connectivity index (χ1n) is 4.94. The SMILES string of the molecule is CCOC(=O)CNC(=O)[C@H](C)NC(=O)CN. The molecule has 0 spiro atoms. The Bertz CT molecular complexity index is 267. The van der Waals surface area contributed by atoms with Crippen molar-refractivity contribution in [2.24, 2.45) is 5.73 Å². The van der Waals surface area contributed by atoms with Crippen LogP contribution in [0.1, 0.15) is 13.8 Å². The van der Waals surface area contributed by atoms with Crippen LogP contribution in [0.25, 0.3) is 0 Å². The van der Waals surface area contributed by atoms with E-state index in [-0.39, 0.29) is 19.7 Å². The maximum absolute atomic E-state index is 11.3. The van der Waals surface area contributed by atoms with Crippen molar-refractivity contribution in [3.63, 3.8) is 0 Å². The average molecular weight is 231 g/mol. The van der Waals surface area contributed by atoms with E-state index in [0.29, 0.717) is 0 Å². The van der Waals surface area contributed by atoms with Crippen LogP contribution < -0.4 is 16.4 Å². The number of nitrogens with one attached hydrogen (secondary N) is 2. The molecule has 0 rings (SSSR count). The highest BCUT2D eigenvalue weighted by Crippen LogP contribution is 1.83. The molecule has 7 nitrogen and oxygen atoms in total. The largest absolute Gasteiger partial charge is 0.465 e. The molecule has 0 saturated carbocycles. The number of esters is 1. The van der Waals surface area contributed by atoms with E-state index in [4.69, 9.17) is 5.73 Å². The summed E-state index contributed by atoms with van der Waals surface area (Å²) >= 11 is 0. The highest BCUT2D eigenvalue weighted by Gasteiger charge is 2.15. The third kappa shape index (κ3) is 5.97. The second-order valence-corrected chi connectivity index (χ2v) is 3.02. The Morgan fingerprint density at radius 3 is 2.50 bits per heavy atom. The quantitative estimate of drug-likeness (QED) is 0.464. The van der Waals surface area contributed by atoms with Gasteiger partial charge in [0.05, 0.1) is 13.2 Å². The molecule has 0 aliphatic rings. The minimum atomic E-state index is -0.731. The maximum Gasteiger partial charge on any atom is 0.325 e. The second-order valence-electron chi connectivity index (χ2n) is 3.02. The number of hydrogen-bond donors (Lipinski definition) is 3. The molecule has 92 valence electrons. The Kier molecular flexibility index (Phi) is 6.86. The molecule has 2 amide bonds. The molecule has 0 heterocycles. The van der Waals surface area contributed by atoms with Gasteiger partial charge in [0.1, 0.15) is 12.6 Å². The fourth-order valence-corrected chi connectivity index (χ4v) is 0.890. The highest BCUT2D eigenvalue weighted by atomic mass is 16.5. The molecule has 1 atom stereocenters. The smallest absolute Gasteiger partial charge is 0.325 e. The van der Waals surface area contributed by atoms with Gasteiger partial charge in [-0.1, -0.05) is 0 Å². The normalized spacial score (nSPS) is 11.4. The number of hydrogen-bond acceptors (Lipinski definition) is 5. The summed E-state index contributed by atoms with van der Waals surface area (Å²) in [5.74, 6) is -1.41. The molecule has 0 saturated heterocycles. The van der Waals surface area contributed by atoms with Gasteiger partial charge in [-0.25, -0.2) is 0 Å². The van der Waals surface area contributed by atoms with Crippen LogP contribution in [0.3, 0.4) is 0 Å². The van der Waals surface area contributed by atoms with Crippen molar-refractivity contribution >= 4 is 17.8 Å². The lowest BCUT2D eigenvalue weighted by Crippen LogP contribution is -2.47. The molecule has 0 fully saturated rings. The first-order valence-corrected chi connectivity index (χ1v) is 4.94. The summed E-state index contributed by atoms with van der Waals surface area (Å²) in [7, 11) is 0. The van der Waals surface area contributed by atoms with Crippen molar-refractivity contribution in [1.82, 2.24) is 10.6 Å². The Labute approximate surface area is 93.7 Å². The van der Waals surface area contributed by atoms with Crippen molar-refractivity contribution in [2.45, 2.75) is 19.9 Å². The summed E-state index contributed by atoms with van der Waals surface area (Å²) in [6, 6.07) is -0.731. The van der Waals surface area contributed by atoms with Gasteiger partial charge >= 0.3 is 5.97 Å². The maximum atomic E-state index is 11.3. The van der Waals surface area contributed by atoms with Gasteiger partial charge in [-0.05, 0) is 13.8 Å². The fraction of sp³-hybridized carbons (Fsp3) is 0.667. The predicted molar refractivity (Wildman–Crippen MR) is 56.3 cm³/mol. The zero-order valence-corrected chi connectivity index (χ0v) is 9.41. The number of rotatable bonds is 6. The minimum absolute atomic E-state index is 0.185. The zero-order chi connectivity index (χ0) is 12.6. The van der Waals surface area contributed by atoms with Crippen LogP contribution in [0.15, 0.2) is 0 Å². The molecular weight excluding hydrogens is 214 g/mol. The van der Waals surface area contributed by atoms with Crippen molar-refractivity contribution in [1.29, 1.82) is 0 Å². The van der Waals surface area contributed by atoms with E-state index >= 15 is 0 Å². The Morgan fingerprint density at radius 2 is 2.00 bits per heavy atom. The van der Waals surface area contributed by atoms with E-state index in [1.165, 1.54) is 6.92 Å². The number of carbonyl (C=O) groups is 3. The predicted octanol–water partition coefficient (Wildman–Crippen LogP) is -1.87. The Balaban J connectivity index is 3.87. The summed E-state index contributed by atoms with van der Waals surface area (Å²) in [4.78, 5) is 33.1. The minimum Gasteiger partial charge on any atom is -0.465 e. The fourth-order valence-electron chi connectivity index (χ4n) is 0.890. The van der Waals surface area contributed by atoms with Crippen molar-refractivity contribution in [2.75, 3.05) is 19.7 Å². The molecule has 0 aliphatic heterocycles. The van der Waals surface area contributed by atoms with Crippen molar-refractivity contribution in [3.8, 4) is 0 Å². The van der Waals surface area contributed by atoms with Crippen molar-refractivity contribution < 1.29 is 19.1 Å². The Hall–Kier alpha value is -1.63. The topological polar surface area (TPSA) is 111 Å². The molecule has 0 bridgehead atoms. The van der Waals surface area contributed by atoms with Gasteiger partial charge in [0.25, 0.3) is 0 Å². The number of amides is 2. The monoisotopic (exact) mass is 231 g/mol. The van der Waals surface area contributed by atoms with E-state index in [1.807, 2.05) is 0 Å². The Morgan fingerprint density at radius 1 is 1.38 bits per heavy atom. The zero-order valence-electron chi connectivity index (χ0n) is 9.41. The lowest BCUT2D eigenvalue weighted by atomic mass is 10.3. The molecule has 16 heavy (non-hydrogen) atoms. The van der Waals surface area contributed by atoms with Gasteiger partial charge in [-0.3, -0.25) is 14.4 Å². The van der Waals surface area contributed by atoms with E-state index in [9.17, 15) is 14.4 Å². The lowest BCUT2D eigenvalue weighted by Gasteiger charge is -2.12. The van der Waals surface area contributed by atoms with Gasteiger partial charge in [-0.2, -0.15) is 0 Å². The average Bonchev–Trinajstić information content (AvgIpc) is 2.25.